The molecule has 0 amide bonds. The molecule has 0 aliphatic heterocycles. The Morgan fingerprint density at radius 3 is 3.07 bits per heavy atom. The molecular weight excluding hydrogens is 210 g/mol. The van der Waals surface area contributed by atoms with Crippen LogP contribution in [0, 0.1) is 11.8 Å². The predicted octanol–water partition coefficient (Wildman–Crippen LogP) is 1.81. The first-order chi connectivity index (χ1) is 7.18. The molecule has 0 saturated carbocycles. The lowest BCUT2D eigenvalue weighted by Crippen LogP contribution is -1.84. The van der Waals surface area contributed by atoms with Crippen LogP contribution in [0.15, 0.2) is 18.5 Å². The molecule has 0 fully saturated rings. The van der Waals surface area contributed by atoms with Crippen molar-refractivity contribution in [3.63, 3.8) is 0 Å². The fourth-order valence-electron chi connectivity index (χ4n) is 0.907. The van der Waals surface area contributed by atoms with Crippen LogP contribution in [-0.2, 0) is 4.79 Å². The quantitative estimate of drug-likeness (QED) is 0.611. The molecule has 0 radical (unpaired) electrons. The van der Waals surface area contributed by atoms with Crippen molar-refractivity contribution in [1.82, 2.24) is 4.98 Å². The first-order valence-electron chi connectivity index (χ1n) is 4.45. The second-order valence-electron chi connectivity index (χ2n) is 2.82. The SMILES string of the molecule is CC(=O)SCCC#Cc1cncc(O)c1. The van der Waals surface area contributed by atoms with Gasteiger partial charge in [0.2, 0.25) is 0 Å². The van der Waals surface area contributed by atoms with Gasteiger partial charge in [-0.2, -0.15) is 0 Å². The van der Waals surface area contributed by atoms with E-state index in [0.717, 1.165) is 0 Å². The second kappa shape index (κ2) is 6.10. The lowest BCUT2D eigenvalue weighted by molar-refractivity contribution is -0.109. The van der Waals surface area contributed by atoms with Gasteiger partial charge in [-0.15, -0.1) is 0 Å². The van der Waals surface area contributed by atoms with E-state index in [1.165, 1.54) is 24.9 Å². The average Bonchev–Trinajstić information content (AvgIpc) is 2.17. The third-order valence-electron chi connectivity index (χ3n) is 1.49. The number of aromatic nitrogens is 1. The van der Waals surface area contributed by atoms with Gasteiger partial charge in [-0.25, -0.2) is 0 Å². The van der Waals surface area contributed by atoms with Gasteiger partial charge >= 0.3 is 0 Å². The van der Waals surface area contributed by atoms with Crippen molar-refractivity contribution in [3.05, 3.63) is 24.0 Å². The summed E-state index contributed by atoms with van der Waals surface area (Å²) >= 11 is 1.26. The fraction of sp³-hybridized carbons (Fsp3) is 0.273. The van der Waals surface area contributed by atoms with Gasteiger partial charge < -0.3 is 5.11 Å². The van der Waals surface area contributed by atoms with Crippen LogP contribution in [-0.4, -0.2) is 21.0 Å². The molecule has 0 unspecified atom stereocenters. The zero-order valence-electron chi connectivity index (χ0n) is 8.36. The van der Waals surface area contributed by atoms with E-state index in [1.54, 1.807) is 12.3 Å². The molecule has 0 bridgehead atoms. The van der Waals surface area contributed by atoms with Crippen molar-refractivity contribution in [2.24, 2.45) is 0 Å². The Kier molecular flexibility index (Phi) is 4.72. The molecule has 0 saturated heterocycles. The molecule has 0 spiro atoms. The number of hydrogen-bond donors (Lipinski definition) is 1. The van der Waals surface area contributed by atoms with Crippen LogP contribution in [0.1, 0.15) is 18.9 Å². The standard InChI is InChI=1S/C11H11NO2S/c1-9(13)15-5-3-2-4-10-6-11(14)8-12-7-10/h6-8,14H,3,5H2,1H3. The topological polar surface area (TPSA) is 50.2 Å². The van der Waals surface area contributed by atoms with Crippen LogP contribution in [0.4, 0.5) is 0 Å². The van der Waals surface area contributed by atoms with Crippen LogP contribution < -0.4 is 0 Å². The minimum atomic E-state index is 0.107. The summed E-state index contributed by atoms with van der Waals surface area (Å²) in [5, 5.41) is 9.22. The van der Waals surface area contributed by atoms with Crippen LogP contribution in [0.2, 0.25) is 0 Å². The third kappa shape index (κ3) is 5.08. The minimum absolute atomic E-state index is 0.107. The lowest BCUT2D eigenvalue weighted by atomic mass is 10.3. The van der Waals surface area contributed by atoms with Crippen LogP contribution in [0.25, 0.3) is 0 Å². The lowest BCUT2D eigenvalue weighted by Gasteiger charge is -1.91. The first-order valence-corrected chi connectivity index (χ1v) is 5.43. The van der Waals surface area contributed by atoms with Crippen molar-refractivity contribution in [3.8, 4) is 17.6 Å². The number of aromatic hydroxyl groups is 1. The summed E-state index contributed by atoms with van der Waals surface area (Å²) < 4.78 is 0. The van der Waals surface area contributed by atoms with Crippen molar-refractivity contribution in [1.29, 1.82) is 0 Å². The van der Waals surface area contributed by atoms with E-state index in [2.05, 4.69) is 16.8 Å². The van der Waals surface area contributed by atoms with E-state index in [9.17, 15) is 4.79 Å². The van der Waals surface area contributed by atoms with Gasteiger partial charge in [-0.1, -0.05) is 23.6 Å². The highest BCUT2D eigenvalue weighted by atomic mass is 32.2. The van der Waals surface area contributed by atoms with E-state index in [-0.39, 0.29) is 10.9 Å². The molecule has 0 aliphatic rings. The zero-order valence-corrected chi connectivity index (χ0v) is 9.17. The summed E-state index contributed by atoms with van der Waals surface area (Å²) in [5.41, 5.74) is 0.683. The summed E-state index contributed by atoms with van der Waals surface area (Å²) in [6.07, 6.45) is 3.60. The maximum atomic E-state index is 10.6. The van der Waals surface area contributed by atoms with Gasteiger partial charge in [0.1, 0.15) is 5.75 Å². The maximum absolute atomic E-state index is 10.6. The monoisotopic (exact) mass is 221 g/mol. The summed E-state index contributed by atoms with van der Waals surface area (Å²) in [7, 11) is 0. The molecule has 1 N–H and O–H groups in total. The molecule has 15 heavy (non-hydrogen) atoms. The molecular formula is C11H11NO2S. The first kappa shape index (κ1) is 11.6. The molecule has 1 heterocycles. The van der Waals surface area contributed by atoms with Gasteiger partial charge in [-0.05, 0) is 6.07 Å². The van der Waals surface area contributed by atoms with E-state index >= 15 is 0 Å². The summed E-state index contributed by atoms with van der Waals surface area (Å²) in [4.78, 5) is 14.4. The Hall–Kier alpha value is -1.47. The van der Waals surface area contributed by atoms with Gasteiger partial charge in [0.05, 0.1) is 6.20 Å². The van der Waals surface area contributed by atoms with Crippen molar-refractivity contribution in [2.75, 3.05) is 5.75 Å². The van der Waals surface area contributed by atoms with E-state index in [1.807, 2.05) is 0 Å². The molecule has 0 aliphatic carbocycles. The van der Waals surface area contributed by atoms with Crippen LogP contribution in [0.5, 0.6) is 5.75 Å². The Labute approximate surface area is 92.9 Å². The number of thioether (sulfide) groups is 1. The molecule has 0 atom stereocenters. The highest BCUT2D eigenvalue weighted by Crippen LogP contribution is 2.07. The van der Waals surface area contributed by atoms with Crippen molar-refractivity contribution in [2.45, 2.75) is 13.3 Å². The molecule has 78 valence electrons. The molecule has 0 aromatic carbocycles. The summed E-state index contributed by atoms with van der Waals surface area (Å²) in [5.74, 6) is 6.59. The number of carbonyl (C=O) groups excluding carboxylic acids is 1. The Bertz CT molecular complexity index is 407. The molecule has 1 aromatic rings. The van der Waals surface area contributed by atoms with Gasteiger partial charge in [0.15, 0.2) is 5.12 Å². The number of hydrogen-bond acceptors (Lipinski definition) is 4. The highest BCUT2D eigenvalue weighted by molar-refractivity contribution is 8.13. The molecule has 1 aromatic heterocycles. The van der Waals surface area contributed by atoms with E-state index in [4.69, 9.17) is 5.11 Å². The number of pyridine rings is 1. The van der Waals surface area contributed by atoms with E-state index < -0.39 is 0 Å². The maximum Gasteiger partial charge on any atom is 0.185 e. The molecule has 1 rings (SSSR count). The number of carbonyl (C=O) groups is 1. The second-order valence-corrected chi connectivity index (χ2v) is 4.10. The Morgan fingerprint density at radius 2 is 2.40 bits per heavy atom. The van der Waals surface area contributed by atoms with Gasteiger partial charge in [0.25, 0.3) is 0 Å². The number of nitrogens with zero attached hydrogens (tertiary/aromatic N) is 1. The molecule has 3 nitrogen and oxygen atoms in total. The smallest absolute Gasteiger partial charge is 0.185 e. The van der Waals surface area contributed by atoms with Crippen molar-refractivity contribution >= 4 is 16.9 Å². The predicted molar refractivity (Wildman–Crippen MR) is 60.5 cm³/mol. The van der Waals surface area contributed by atoms with Crippen molar-refractivity contribution < 1.29 is 9.90 Å². The number of rotatable bonds is 2. The summed E-state index contributed by atoms with van der Waals surface area (Å²) in [6, 6.07) is 1.55. The van der Waals surface area contributed by atoms with Crippen LogP contribution in [0.3, 0.4) is 0 Å². The Balaban J connectivity index is 2.41. The van der Waals surface area contributed by atoms with Crippen LogP contribution >= 0.6 is 11.8 Å². The minimum Gasteiger partial charge on any atom is -0.506 e. The Morgan fingerprint density at radius 1 is 1.60 bits per heavy atom. The fourth-order valence-corrected chi connectivity index (χ4v) is 1.40. The normalized spacial score (nSPS) is 9.13. The largest absolute Gasteiger partial charge is 0.506 e. The third-order valence-corrected chi connectivity index (χ3v) is 2.30. The summed E-state index contributed by atoms with van der Waals surface area (Å²) in [6.45, 7) is 1.54. The van der Waals surface area contributed by atoms with Gasteiger partial charge in [-0.3, -0.25) is 9.78 Å². The highest BCUT2D eigenvalue weighted by Gasteiger charge is 1.92. The molecule has 4 heteroatoms. The van der Waals surface area contributed by atoms with Gasteiger partial charge in [0, 0.05) is 30.9 Å². The average molecular weight is 221 g/mol. The zero-order chi connectivity index (χ0) is 11.1. The van der Waals surface area contributed by atoms with E-state index in [0.29, 0.717) is 17.7 Å².